The number of hydrogen-bond acceptors (Lipinski definition) is 3. The van der Waals surface area contributed by atoms with E-state index in [9.17, 15) is 13.2 Å². The third-order valence-electron chi connectivity index (χ3n) is 4.25. The van der Waals surface area contributed by atoms with Gasteiger partial charge in [-0.1, -0.05) is 20.8 Å². The molecule has 0 aromatic carbocycles. The highest BCUT2D eigenvalue weighted by Gasteiger charge is 2.39. The van der Waals surface area contributed by atoms with Gasteiger partial charge in [-0.05, 0) is 37.0 Å². The number of rotatable bonds is 5. The fourth-order valence-electron chi connectivity index (χ4n) is 2.83. The molecule has 2 N–H and O–H groups in total. The molecule has 0 bridgehead atoms. The quantitative estimate of drug-likeness (QED) is 0.790. The topological polar surface area (TPSA) is 44.5 Å². The van der Waals surface area contributed by atoms with E-state index < -0.39 is 18.6 Å². The largest absolute Gasteiger partial charge is 0.522 e. The van der Waals surface area contributed by atoms with Crippen molar-refractivity contribution in [2.45, 2.75) is 58.4 Å². The van der Waals surface area contributed by atoms with E-state index in [1.54, 1.807) is 0 Å². The molecule has 0 saturated heterocycles. The summed E-state index contributed by atoms with van der Waals surface area (Å²) in [6, 6.07) is 0. The van der Waals surface area contributed by atoms with E-state index in [4.69, 9.17) is 10.5 Å². The normalized spacial score (nSPS) is 28.6. The molecule has 1 aliphatic rings. The van der Waals surface area contributed by atoms with Crippen molar-refractivity contribution >= 4 is 0 Å². The first-order valence-corrected chi connectivity index (χ1v) is 7.13. The minimum absolute atomic E-state index is 0.0725. The molecule has 20 heavy (non-hydrogen) atoms. The first kappa shape index (κ1) is 17.7. The molecule has 0 radical (unpaired) electrons. The van der Waals surface area contributed by atoms with Crippen LogP contribution in [0.3, 0.4) is 0 Å². The lowest BCUT2D eigenvalue weighted by Crippen LogP contribution is -2.46. The Balaban J connectivity index is 2.39. The smallest absolute Gasteiger partial charge is 0.371 e. The number of nitrogens with two attached hydrogens (primary N) is 1. The first-order valence-electron chi connectivity index (χ1n) is 7.13. The van der Waals surface area contributed by atoms with Crippen LogP contribution in [0.1, 0.15) is 46.5 Å². The van der Waals surface area contributed by atoms with Gasteiger partial charge in [0.25, 0.3) is 0 Å². The van der Waals surface area contributed by atoms with E-state index in [0.717, 1.165) is 25.7 Å². The highest BCUT2D eigenvalue weighted by atomic mass is 19.4. The van der Waals surface area contributed by atoms with Crippen LogP contribution in [-0.2, 0) is 9.47 Å². The summed E-state index contributed by atoms with van der Waals surface area (Å²) in [5.41, 5.74) is 5.55. The van der Waals surface area contributed by atoms with Crippen molar-refractivity contribution in [2.24, 2.45) is 17.1 Å². The number of halogens is 3. The van der Waals surface area contributed by atoms with Crippen molar-refractivity contribution in [3.63, 3.8) is 0 Å². The maximum Gasteiger partial charge on any atom is 0.522 e. The minimum atomic E-state index is -4.59. The lowest BCUT2D eigenvalue weighted by atomic mass is 9.68. The number of alkyl halides is 3. The molecule has 120 valence electrons. The van der Waals surface area contributed by atoms with E-state index >= 15 is 0 Å². The SMILES string of the molecule is CC(C)(C)C1CCC(CN)(OCCOC(F)(F)F)CC1. The van der Waals surface area contributed by atoms with Gasteiger partial charge in [-0.25, -0.2) is 0 Å². The number of hydrogen-bond donors (Lipinski definition) is 1. The third kappa shape index (κ3) is 5.58. The fourth-order valence-corrected chi connectivity index (χ4v) is 2.83. The molecular weight excluding hydrogens is 271 g/mol. The zero-order valence-electron chi connectivity index (χ0n) is 12.6. The molecule has 0 spiro atoms. The maximum atomic E-state index is 11.9. The van der Waals surface area contributed by atoms with Gasteiger partial charge < -0.3 is 10.5 Å². The average Bonchev–Trinajstić information content (AvgIpc) is 2.33. The van der Waals surface area contributed by atoms with E-state index in [1.165, 1.54) is 0 Å². The predicted octanol–water partition coefficient (Wildman–Crippen LogP) is 3.47. The Morgan fingerprint density at radius 2 is 1.65 bits per heavy atom. The van der Waals surface area contributed by atoms with Crippen molar-refractivity contribution in [2.75, 3.05) is 19.8 Å². The van der Waals surface area contributed by atoms with Crippen LogP contribution in [0.15, 0.2) is 0 Å². The highest BCUT2D eigenvalue weighted by molar-refractivity contribution is 4.91. The van der Waals surface area contributed by atoms with Gasteiger partial charge in [0.15, 0.2) is 0 Å². The van der Waals surface area contributed by atoms with Crippen LogP contribution < -0.4 is 5.73 Å². The Labute approximate surface area is 119 Å². The first-order chi connectivity index (χ1) is 9.08. The Morgan fingerprint density at radius 1 is 1.10 bits per heavy atom. The maximum absolute atomic E-state index is 11.9. The minimum Gasteiger partial charge on any atom is -0.371 e. The van der Waals surface area contributed by atoms with Crippen molar-refractivity contribution < 1.29 is 22.6 Å². The molecule has 0 unspecified atom stereocenters. The van der Waals surface area contributed by atoms with Gasteiger partial charge in [0.1, 0.15) is 0 Å². The third-order valence-corrected chi connectivity index (χ3v) is 4.25. The van der Waals surface area contributed by atoms with Crippen molar-refractivity contribution in [1.29, 1.82) is 0 Å². The molecule has 1 fully saturated rings. The molecule has 0 aliphatic heterocycles. The summed E-state index contributed by atoms with van der Waals surface area (Å²) in [4.78, 5) is 0. The highest BCUT2D eigenvalue weighted by Crippen LogP contribution is 2.42. The molecule has 1 rings (SSSR count). The van der Waals surface area contributed by atoms with Crippen molar-refractivity contribution in [3.8, 4) is 0 Å². The zero-order chi connectivity index (χ0) is 15.4. The van der Waals surface area contributed by atoms with Gasteiger partial charge in [-0.2, -0.15) is 0 Å². The lowest BCUT2D eigenvalue weighted by Gasteiger charge is -2.43. The molecule has 0 aromatic heterocycles. The van der Waals surface area contributed by atoms with Crippen molar-refractivity contribution in [3.05, 3.63) is 0 Å². The molecule has 0 heterocycles. The summed E-state index contributed by atoms with van der Waals surface area (Å²) in [5.74, 6) is 0.609. The Morgan fingerprint density at radius 3 is 2.05 bits per heavy atom. The van der Waals surface area contributed by atoms with Gasteiger partial charge in [-0.15, -0.1) is 13.2 Å². The van der Waals surface area contributed by atoms with Gasteiger partial charge in [0.05, 0.1) is 18.8 Å². The van der Waals surface area contributed by atoms with E-state index in [2.05, 4.69) is 25.5 Å². The molecule has 1 aliphatic carbocycles. The van der Waals surface area contributed by atoms with E-state index in [0.29, 0.717) is 12.5 Å². The molecule has 3 nitrogen and oxygen atoms in total. The molecule has 0 atom stereocenters. The van der Waals surface area contributed by atoms with Crippen LogP contribution in [0.5, 0.6) is 0 Å². The Hall–Kier alpha value is -0.330. The summed E-state index contributed by atoms with van der Waals surface area (Å²) < 4.78 is 45.0. The second-order valence-electron chi connectivity index (χ2n) is 6.67. The monoisotopic (exact) mass is 297 g/mol. The van der Waals surface area contributed by atoms with Crippen LogP contribution in [0.2, 0.25) is 0 Å². The van der Waals surface area contributed by atoms with Crippen LogP contribution in [0, 0.1) is 11.3 Å². The zero-order valence-corrected chi connectivity index (χ0v) is 12.6. The van der Waals surface area contributed by atoms with Crippen LogP contribution >= 0.6 is 0 Å². The summed E-state index contributed by atoms with van der Waals surface area (Å²) in [7, 11) is 0. The molecule has 6 heteroatoms. The van der Waals surface area contributed by atoms with Gasteiger partial charge in [0, 0.05) is 6.54 Å². The summed E-state index contributed by atoms with van der Waals surface area (Å²) >= 11 is 0. The second-order valence-corrected chi connectivity index (χ2v) is 6.67. The summed E-state index contributed by atoms with van der Waals surface area (Å²) in [5, 5.41) is 0. The fraction of sp³-hybridized carbons (Fsp3) is 1.00. The Kier molecular flexibility index (Phi) is 5.87. The Bertz CT molecular complexity index is 292. The molecular formula is C14H26F3NO2. The summed E-state index contributed by atoms with van der Waals surface area (Å²) in [6.07, 6.45) is -0.986. The number of ether oxygens (including phenoxy) is 2. The van der Waals surface area contributed by atoms with Crippen molar-refractivity contribution in [1.82, 2.24) is 0 Å². The van der Waals surface area contributed by atoms with E-state index in [1.807, 2.05) is 0 Å². The summed E-state index contributed by atoms with van der Waals surface area (Å²) in [6.45, 7) is 6.43. The average molecular weight is 297 g/mol. The van der Waals surface area contributed by atoms with Crippen LogP contribution in [0.4, 0.5) is 13.2 Å². The van der Waals surface area contributed by atoms with Gasteiger partial charge in [-0.3, -0.25) is 4.74 Å². The standard InChI is InChI=1S/C14H26F3NO2/c1-12(2,3)11-4-6-13(10-18,7-5-11)19-8-9-20-14(15,16)17/h11H,4-10,18H2,1-3H3. The van der Waals surface area contributed by atoms with Gasteiger partial charge in [0.2, 0.25) is 0 Å². The predicted molar refractivity (Wildman–Crippen MR) is 71.2 cm³/mol. The molecule has 0 amide bonds. The van der Waals surface area contributed by atoms with E-state index in [-0.39, 0.29) is 12.0 Å². The van der Waals surface area contributed by atoms with Gasteiger partial charge >= 0.3 is 6.36 Å². The second kappa shape index (κ2) is 6.62. The molecule has 1 saturated carbocycles. The van der Waals surface area contributed by atoms with Crippen LogP contribution in [0.25, 0.3) is 0 Å². The lowest BCUT2D eigenvalue weighted by molar-refractivity contribution is -0.328. The van der Waals surface area contributed by atoms with Crippen LogP contribution in [-0.4, -0.2) is 31.7 Å². The molecule has 0 aromatic rings.